The normalized spacial score (nSPS) is 13.1. The summed E-state index contributed by atoms with van der Waals surface area (Å²) in [5, 5.41) is 6.32. The number of aromatic nitrogens is 1. The van der Waals surface area contributed by atoms with Crippen molar-refractivity contribution in [3.63, 3.8) is 0 Å². The van der Waals surface area contributed by atoms with Crippen molar-refractivity contribution in [2.24, 2.45) is 5.10 Å². The lowest BCUT2D eigenvalue weighted by atomic mass is 9.96. The van der Waals surface area contributed by atoms with Crippen molar-refractivity contribution in [3.8, 4) is 5.75 Å². The van der Waals surface area contributed by atoms with Crippen LogP contribution in [0.5, 0.6) is 5.75 Å². The van der Waals surface area contributed by atoms with E-state index in [-0.39, 0.29) is 0 Å². The van der Waals surface area contributed by atoms with Gasteiger partial charge in [0.1, 0.15) is 16.1 Å². The Labute approximate surface area is 155 Å². The number of amides is 1. The molecule has 0 N–H and O–H groups in total. The number of hydrazone groups is 1. The summed E-state index contributed by atoms with van der Waals surface area (Å²) in [6.07, 6.45) is -0.0915. The van der Waals surface area contributed by atoms with Crippen LogP contribution in [-0.2, 0) is 17.7 Å². The molecule has 0 saturated heterocycles. The highest BCUT2D eigenvalue weighted by Gasteiger charge is 2.24. The molecule has 25 heavy (non-hydrogen) atoms. The maximum Gasteiger partial charge on any atom is 0.430 e. The number of fused-ring (bicyclic) bond motifs is 1. The van der Waals surface area contributed by atoms with Gasteiger partial charge in [0.25, 0.3) is 0 Å². The summed E-state index contributed by atoms with van der Waals surface area (Å²) < 4.78 is 10.1. The molecule has 1 aromatic heterocycles. The van der Waals surface area contributed by atoms with Gasteiger partial charge in [0.15, 0.2) is 0 Å². The van der Waals surface area contributed by atoms with Crippen LogP contribution in [0.1, 0.15) is 16.7 Å². The second-order valence-corrected chi connectivity index (χ2v) is 6.17. The Morgan fingerprint density at radius 2 is 1.92 bits per heavy atom. The van der Waals surface area contributed by atoms with Crippen LogP contribution in [0.25, 0.3) is 0 Å². The molecule has 3 rings (SSSR count). The minimum atomic E-state index is -0.531. The van der Waals surface area contributed by atoms with Gasteiger partial charge >= 0.3 is 6.09 Å². The zero-order chi connectivity index (χ0) is 18.0. The van der Waals surface area contributed by atoms with Crippen LogP contribution < -0.4 is 4.74 Å². The quantitative estimate of drug-likeness (QED) is 0.757. The predicted molar refractivity (Wildman–Crippen MR) is 95.4 cm³/mol. The van der Waals surface area contributed by atoms with Gasteiger partial charge in [0.2, 0.25) is 0 Å². The highest BCUT2D eigenvalue weighted by atomic mass is 35.5. The minimum Gasteiger partial charge on any atom is -0.497 e. The third-order valence-electron chi connectivity index (χ3n) is 3.76. The zero-order valence-corrected chi connectivity index (χ0v) is 15.1. The summed E-state index contributed by atoms with van der Waals surface area (Å²) >= 11 is 11.9. The molecule has 0 fully saturated rings. The van der Waals surface area contributed by atoms with Crippen molar-refractivity contribution in [2.45, 2.75) is 13.0 Å². The number of nitrogens with zero attached hydrogens (tertiary/aromatic N) is 3. The monoisotopic (exact) mass is 379 g/mol. The van der Waals surface area contributed by atoms with Crippen LogP contribution in [0.4, 0.5) is 4.79 Å². The molecular formula is C17H15Cl2N3O3. The fraction of sp³-hybridized carbons (Fsp3) is 0.235. The first-order valence-corrected chi connectivity index (χ1v) is 8.18. The number of hydrogen-bond acceptors (Lipinski definition) is 5. The van der Waals surface area contributed by atoms with E-state index < -0.39 is 6.09 Å². The molecule has 0 radical (unpaired) electrons. The summed E-state index contributed by atoms with van der Waals surface area (Å²) in [7, 11) is 2.92. The third kappa shape index (κ3) is 3.86. The van der Waals surface area contributed by atoms with Gasteiger partial charge in [-0.3, -0.25) is 0 Å². The number of pyridine rings is 1. The summed E-state index contributed by atoms with van der Waals surface area (Å²) in [6.45, 7) is 0.306. The second-order valence-electron chi connectivity index (χ2n) is 5.40. The lowest BCUT2D eigenvalue weighted by Crippen LogP contribution is -2.32. The van der Waals surface area contributed by atoms with E-state index in [1.807, 2.05) is 18.2 Å². The third-order valence-corrected chi connectivity index (χ3v) is 4.15. The zero-order valence-electron chi connectivity index (χ0n) is 13.6. The molecule has 1 aliphatic heterocycles. The smallest absolute Gasteiger partial charge is 0.430 e. The van der Waals surface area contributed by atoms with Crippen LogP contribution in [0.15, 0.2) is 35.4 Å². The van der Waals surface area contributed by atoms with Crippen molar-refractivity contribution in [1.29, 1.82) is 0 Å². The van der Waals surface area contributed by atoms with Gasteiger partial charge in [0.05, 0.1) is 26.5 Å². The Hall–Kier alpha value is -2.31. The standard InChI is InChI=1S/C17H15Cl2N3O3/c1-24-12-3-4-13-11(8-12)9-22(17(23)25-2)21-14(13)5-10-6-15(18)20-16(19)7-10/h3-4,6-8H,5,9H2,1-2H3. The Kier molecular flexibility index (Phi) is 5.11. The SMILES string of the molecule is COC(=O)N1Cc2cc(OC)ccc2C(Cc2cc(Cl)nc(Cl)c2)=N1. The van der Waals surface area contributed by atoms with E-state index in [4.69, 9.17) is 32.7 Å². The van der Waals surface area contributed by atoms with E-state index in [0.29, 0.717) is 34.7 Å². The maximum absolute atomic E-state index is 12.0. The molecule has 8 heteroatoms. The van der Waals surface area contributed by atoms with Crippen molar-refractivity contribution < 1.29 is 14.3 Å². The van der Waals surface area contributed by atoms with Gasteiger partial charge in [-0.05, 0) is 41.5 Å². The Morgan fingerprint density at radius 1 is 1.20 bits per heavy atom. The average Bonchev–Trinajstić information content (AvgIpc) is 2.59. The van der Waals surface area contributed by atoms with Gasteiger partial charge in [-0.25, -0.2) is 9.78 Å². The van der Waals surface area contributed by atoms with Gasteiger partial charge in [-0.2, -0.15) is 10.1 Å². The topological polar surface area (TPSA) is 64.0 Å². The lowest BCUT2D eigenvalue weighted by molar-refractivity contribution is 0.121. The van der Waals surface area contributed by atoms with E-state index in [1.165, 1.54) is 12.1 Å². The number of hydrogen-bond donors (Lipinski definition) is 0. The van der Waals surface area contributed by atoms with E-state index in [2.05, 4.69) is 10.1 Å². The predicted octanol–water partition coefficient (Wildman–Crippen LogP) is 3.93. The first-order chi connectivity index (χ1) is 12.0. The maximum atomic E-state index is 12.0. The molecule has 2 heterocycles. The van der Waals surface area contributed by atoms with Crippen molar-refractivity contribution in [2.75, 3.05) is 14.2 Å². The largest absolute Gasteiger partial charge is 0.497 e. The molecule has 1 aromatic carbocycles. The first-order valence-electron chi connectivity index (χ1n) is 7.42. The molecule has 1 aliphatic rings. The molecule has 130 valence electrons. The van der Waals surface area contributed by atoms with Crippen LogP contribution in [0, 0.1) is 0 Å². The van der Waals surface area contributed by atoms with Crippen molar-refractivity contribution in [3.05, 3.63) is 57.3 Å². The number of methoxy groups -OCH3 is 2. The van der Waals surface area contributed by atoms with Crippen LogP contribution in [-0.4, -0.2) is 36.0 Å². The molecular weight excluding hydrogens is 365 g/mol. The fourth-order valence-corrected chi connectivity index (χ4v) is 3.16. The summed E-state index contributed by atoms with van der Waals surface area (Å²) in [5.74, 6) is 0.708. The number of carbonyl (C=O) groups is 1. The Bertz CT molecular complexity index is 835. The number of rotatable bonds is 3. The van der Waals surface area contributed by atoms with Crippen molar-refractivity contribution in [1.82, 2.24) is 9.99 Å². The molecule has 6 nitrogen and oxygen atoms in total. The van der Waals surface area contributed by atoms with Gasteiger partial charge in [0, 0.05) is 12.0 Å². The van der Waals surface area contributed by atoms with Gasteiger partial charge in [-0.15, -0.1) is 0 Å². The van der Waals surface area contributed by atoms with E-state index in [1.54, 1.807) is 19.2 Å². The molecule has 0 unspecified atom stereocenters. The number of halogens is 2. The first kappa shape index (κ1) is 17.5. The molecule has 2 aromatic rings. The molecule has 1 amide bonds. The van der Waals surface area contributed by atoms with Crippen LogP contribution >= 0.6 is 23.2 Å². The van der Waals surface area contributed by atoms with E-state index in [0.717, 1.165) is 16.7 Å². The summed E-state index contributed by atoms with van der Waals surface area (Å²) in [4.78, 5) is 15.9. The highest BCUT2D eigenvalue weighted by Crippen LogP contribution is 2.26. The van der Waals surface area contributed by atoms with E-state index >= 15 is 0 Å². The van der Waals surface area contributed by atoms with Gasteiger partial charge < -0.3 is 9.47 Å². The average molecular weight is 380 g/mol. The van der Waals surface area contributed by atoms with E-state index in [9.17, 15) is 4.79 Å². The van der Waals surface area contributed by atoms with Crippen molar-refractivity contribution >= 4 is 35.0 Å². The fourth-order valence-electron chi connectivity index (χ4n) is 2.66. The van der Waals surface area contributed by atoms with Crippen LogP contribution in [0.2, 0.25) is 10.3 Å². The molecule has 0 atom stereocenters. The summed E-state index contributed by atoms with van der Waals surface area (Å²) in [5.41, 5.74) is 3.40. The number of benzene rings is 1. The Morgan fingerprint density at radius 3 is 2.56 bits per heavy atom. The molecule has 0 saturated carbocycles. The molecule has 0 bridgehead atoms. The lowest BCUT2D eigenvalue weighted by Gasteiger charge is -2.25. The number of carbonyl (C=O) groups excluding carboxylic acids is 1. The highest BCUT2D eigenvalue weighted by molar-refractivity contribution is 6.32. The summed E-state index contributed by atoms with van der Waals surface area (Å²) in [6, 6.07) is 9.10. The number of ether oxygens (including phenoxy) is 2. The Balaban J connectivity index is 2.01. The molecule has 0 aliphatic carbocycles. The van der Waals surface area contributed by atoms with Crippen LogP contribution in [0.3, 0.4) is 0 Å². The minimum absolute atomic E-state index is 0.304. The van der Waals surface area contributed by atoms with Gasteiger partial charge in [-0.1, -0.05) is 23.2 Å². The second kappa shape index (κ2) is 7.29. The molecule has 0 spiro atoms.